The summed E-state index contributed by atoms with van der Waals surface area (Å²) in [5.74, 6) is 1.63. The molecule has 0 spiro atoms. The van der Waals surface area contributed by atoms with Crippen molar-refractivity contribution in [3.05, 3.63) is 101 Å². The van der Waals surface area contributed by atoms with Gasteiger partial charge in [0, 0.05) is 43.3 Å². The minimum Gasteiger partial charge on any atom is -0.495 e. The number of hydrogen-bond acceptors (Lipinski definition) is 3. The summed E-state index contributed by atoms with van der Waals surface area (Å²) in [7, 11) is 1.71. The van der Waals surface area contributed by atoms with E-state index in [1.54, 1.807) is 7.11 Å². The van der Waals surface area contributed by atoms with E-state index in [1.807, 2.05) is 30.5 Å². The number of piperidine rings is 1. The maximum absolute atomic E-state index is 13.3. The smallest absolute Gasteiger partial charge is 0.253 e. The van der Waals surface area contributed by atoms with E-state index in [4.69, 9.17) is 4.74 Å². The normalized spacial score (nSPS) is 20.4. The summed E-state index contributed by atoms with van der Waals surface area (Å²) in [6.07, 6.45) is 11.0. The molecule has 0 saturated carbocycles. The monoisotopic (exact) mass is 549 g/mol. The SMILES string of the molecule is COc1cccc2c(C(=O)NCc3cccc(C)c3)cn(CCCN3[C@@H]4CC[C@H]3CC(CCc3ccccc3)C4)c12. The van der Waals surface area contributed by atoms with Gasteiger partial charge in [0.1, 0.15) is 5.75 Å². The molecule has 41 heavy (non-hydrogen) atoms. The third kappa shape index (κ3) is 6.20. The van der Waals surface area contributed by atoms with Crippen LogP contribution in [0.4, 0.5) is 0 Å². The third-order valence-electron chi connectivity index (χ3n) is 9.34. The van der Waals surface area contributed by atoms with E-state index in [1.165, 1.54) is 49.7 Å². The largest absolute Gasteiger partial charge is 0.495 e. The van der Waals surface area contributed by atoms with E-state index in [2.05, 4.69) is 70.2 Å². The Balaban J connectivity index is 1.09. The van der Waals surface area contributed by atoms with Gasteiger partial charge in [-0.3, -0.25) is 9.69 Å². The number of aryl methyl sites for hydroxylation is 3. The van der Waals surface area contributed by atoms with Crippen LogP contribution in [0.2, 0.25) is 0 Å². The van der Waals surface area contributed by atoms with Crippen molar-refractivity contribution >= 4 is 16.8 Å². The Labute approximate surface area is 244 Å². The second-order valence-corrected chi connectivity index (χ2v) is 12.1. The maximum atomic E-state index is 13.3. The zero-order chi connectivity index (χ0) is 28.2. The Kier molecular flexibility index (Phi) is 8.43. The van der Waals surface area contributed by atoms with Gasteiger partial charge >= 0.3 is 0 Å². The van der Waals surface area contributed by atoms with Crippen LogP contribution in [-0.2, 0) is 19.5 Å². The topological polar surface area (TPSA) is 46.5 Å². The molecule has 2 fully saturated rings. The molecule has 214 valence electrons. The first-order chi connectivity index (χ1) is 20.1. The molecule has 5 nitrogen and oxygen atoms in total. The van der Waals surface area contributed by atoms with Crippen molar-refractivity contribution in [2.24, 2.45) is 5.92 Å². The number of rotatable bonds is 11. The molecule has 3 aromatic carbocycles. The lowest BCUT2D eigenvalue weighted by atomic mass is 9.86. The standard InChI is InChI=1S/C36H43N3O2/c1-26-9-6-12-29(21-26)24-37-36(40)33-25-38(35-32(33)13-7-14-34(35)41-2)19-8-20-39-30-17-18-31(39)23-28(22-30)16-15-27-10-4-3-5-11-27/h3-7,9-14,21,25,28,30-31H,8,15-20,22-24H2,1-2H3,(H,37,40)/t28?,30-,31+. The van der Waals surface area contributed by atoms with Gasteiger partial charge in [0.2, 0.25) is 0 Å². The Morgan fingerprint density at radius 1 is 0.927 bits per heavy atom. The van der Waals surface area contributed by atoms with Crippen molar-refractivity contribution in [1.82, 2.24) is 14.8 Å². The van der Waals surface area contributed by atoms with E-state index < -0.39 is 0 Å². The first-order valence-corrected chi connectivity index (χ1v) is 15.4. The maximum Gasteiger partial charge on any atom is 0.253 e. The molecule has 1 N–H and O–H groups in total. The van der Waals surface area contributed by atoms with Gasteiger partial charge < -0.3 is 14.6 Å². The molecule has 0 aliphatic carbocycles. The summed E-state index contributed by atoms with van der Waals surface area (Å²) >= 11 is 0. The molecule has 6 rings (SSSR count). The molecule has 1 aromatic heterocycles. The number of carbonyl (C=O) groups excluding carboxylic acids is 1. The second kappa shape index (κ2) is 12.5. The van der Waals surface area contributed by atoms with Crippen LogP contribution in [0.3, 0.4) is 0 Å². The lowest BCUT2D eigenvalue weighted by Crippen LogP contribution is -2.43. The number of aromatic nitrogens is 1. The summed E-state index contributed by atoms with van der Waals surface area (Å²) in [5, 5.41) is 4.09. The number of para-hydroxylation sites is 1. The van der Waals surface area contributed by atoms with Crippen molar-refractivity contribution in [3.63, 3.8) is 0 Å². The lowest BCUT2D eigenvalue weighted by Gasteiger charge is -2.39. The first-order valence-electron chi connectivity index (χ1n) is 15.4. The third-order valence-corrected chi connectivity index (χ3v) is 9.34. The average molecular weight is 550 g/mol. The van der Waals surface area contributed by atoms with Gasteiger partial charge in [-0.15, -0.1) is 0 Å². The Hall–Kier alpha value is -3.57. The van der Waals surface area contributed by atoms with Gasteiger partial charge in [-0.1, -0.05) is 72.3 Å². The predicted molar refractivity (Wildman–Crippen MR) is 166 cm³/mol. The molecule has 3 heterocycles. The number of carbonyl (C=O) groups is 1. The van der Waals surface area contributed by atoms with Gasteiger partial charge in [-0.2, -0.15) is 0 Å². The first kappa shape index (κ1) is 27.6. The van der Waals surface area contributed by atoms with E-state index in [-0.39, 0.29) is 5.91 Å². The summed E-state index contributed by atoms with van der Waals surface area (Å²) in [5.41, 5.74) is 5.50. The van der Waals surface area contributed by atoms with E-state index in [9.17, 15) is 4.79 Å². The zero-order valence-electron chi connectivity index (χ0n) is 24.5. The van der Waals surface area contributed by atoms with Crippen LogP contribution in [0.5, 0.6) is 5.75 Å². The number of amides is 1. The van der Waals surface area contributed by atoms with Crippen LogP contribution in [0, 0.1) is 12.8 Å². The molecule has 1 amide bonds. The fourth-order valence-electron chi connectivity index (χ4n) is 7.37. The van der Waals surface area contributed by atoms with Crippen molar-refractivity contribution in [2.75, 3.05) is 13.7 Å². The van der Waals surface area contributed by atoms with E-state index in [0.717, 1.165) is 59.7 Å². The van der Waals surface area contributed by atoms with Crippen LogP contribution in [0.15, 0.2) is 79.0 Å². The molecule has 3 atom stereocenters. The highest BCUT2D eigenvalue weighted by Crippen LogP contribution is 2.40. The summed E-state index contributed by atoms with van der Waals surface area (Å²) in [6.45, 7) is 4.58. The highest BCUT2D eigenvalue weighted by Gasteiger charge is 2.39. The van der Waals surface area contributed by atoms with Crippen LogP contribution < -0.4 is 10.1 Å². The fourth-order valence-corrected chi connectivity index (χ4v) is 7.37. The van der Waals surface area contributed by atoms with Crippen LogP contribution >= 0.6 is 0 Å². The zero-order valence-corrected chi connectivity index (χ0v) is 24.5. The van der Waals surface area contributed by atoms with Crippen molar-refractivity contribution in [2.45, 2.75) is 77.0 Å². The predicted octanol–water partition coefficient (Wildman–Crippen LogP) is 7.15. The number of ether oxygens (including phenoxy) is 1. The van der Waals surface area contributed by atoms with Crippen molar-refractivity contribution < 1.29 is 9.53 Å². The highest BCUT2D eigenvalue weighted by atomic mass is 16.5. The summed E-state index contributed by atoms with van der Waals surface area (Å²) in [4.78, 5) is 16.1. The Morgan fingerprint density at radius 3 is 2.44 bits per heavy atom. The highest BCUT2D eigenvalue weighted by molar-refractivity contribution is 6.08. The average Bonchev–Trinajstić information content (AvgIpc) is 3.48. The van der Waals surface area contributed by atoms with Gasteiger partial charge in [0.15, 0.2) is 0 Å². The lowest BCUT2D eigenvalue weighted by molar-refractivity contribution is 0.0952. The Bertz CT molecular complexity index is 1460. The molecule has 5 heteroatoms. The van der Waals surface area contributed by atoms with Gasteiger partial charge in [0.25, 0.3) is 5.91 Å². The van der Waals surface area contributed by atoms with Crippen molar-refractivity contribution in [3.8, 4) is 5.75 Å². The number of fused-ring (bicyclic) bond motifs is 3. The minimum atomic E-state index is -0.0425. The number of hydrogen-bond donors (Lipinski definition) is 1. The van der Waals surface area contributed by atoms with Gasteiger partial charge in [0.05, 0.1) is 18.2 Å². The second-order valence-electron chi connectivity index (χ2n) is 12.1. The number of methoxy groups -OCH3 is 1. The minimum absolute atomic E-state index is 0.0425. The number of nitrogens with zero attached hydrogens (tertiary/aromatic N) is 2. The van der Waals surface area contributed by atoms with E-state index >= 15 is 0 Å². The molecule has 2 aliphatic rings. The molecular weight excluding hydrogens is 506 g/mol. The quantitative estimate of drug-likeness (QED) is 0.216. The molecule has 1 unspecified atom stereocenters. The van der Waals surface area contributed by atoms with Gasteiger partial charge in [-0.25, -0.2) is 0 Å². The van der Waals surface area contributed by atoms with Crippen molar-refractivity contribution in [1.29, 1.82) is 0 Å². The Morgan fingerprint density at radius 2 is 1.68 bits per heavy atom. The van der Waals surface area contributed by atoms with Crippen LogP contribution in [-0.4, -0.2) is 41.1 Å². The molecular formula is C36H43N3O2. The van der Waals surface area contributed by atoms with E-state index in [0.29, 0.717) is 12.1 Å². The molecule has 2 aliphatic heterocycles. The summed E-state index contributed by atoms with van der Waals surface area (Å²) in [6, 6.07) is 26.7. The molecule has 4 aromatic rings. The number of nitrogens with one attached hydrogen (secondary N) is 1. The molecule has 0 radical (unpaired) electrons. The molecule has 2 saturated heterocycles. The molecule has 2 bridgehead atoms. The fraction of sp³-hybridized carbons (Fsp3) is 0.417. The summed E-state index contributed by atoms with van der Waals surface area (Å²) < 4.78 is 7.99. The number of benzene rings is 3. The van der Waals surface area contributed by atoms with Crippen LogP contribution in [0.1, 0.15) is 65.6 Å². The van der Waals surface area contributed by atoms with Crippen LogP contribution in [0.25, 0.3) is 10.9 Å². The van der Waals surface area contributed by atoms with Gasteiger partial charge in [-0.05, 0) is 75.0 Å².